The molecule has 1 aromatic rings. The summed E-state index contributed by atoms with van der Waals surface area (Å²) in [6, 6.07) is 2.68. The van der Waals surface area contributed by atoms with E-state index in [0.29, 0.717) is 11.3 Å². The maximum absolute atomic E-state index is 13.1. The summed E-state index contributed by atoms with van der Waals surface area (Å²) in [5, 5.41) is 3.05. The molecule has 3 rings (SSSR count). The molecule has 1 amide bonds. The van der Waals surface area contributed by atoms with Crippen LogP contribution in [0, 0.1) is 11.2 Å². The Bertz CT molecular complexity index is 762. The number of pyridine rings is 1. The molecule has 1 aromatic heterocycles. The average Bonchev–Trinajstić information content (AvgIpc) is 3.07. The van der Waals surface area contributed by atoms with Crippen LogP contribution in [0.4, 0.5) is 4.39 Å². The van der Waals surface area contributed by atoms with Gasteiger partial charge in [0.15, 0.2) is 0 Å². The normalized spacial score (nSPS) is 17.3. The Kier molecular flexibility index (Phi) is 3.76. The van der Waals surface area contributed by atoms with Gasteiger partial charge in [0.05, 0.1) is 17.9 Å². The van der Waals surface area contributed by atoms with Gasteiger partial charge in [-0.05, 0) is 34.8 Å². The number of allylic oxidation sites excluding steroid dienone is 6. The van der Waals surface area contributed by atoms with E-state index in [-0.39, 0.29) is 23.2 Å². The number of nitrogens with zero attached hydrogens (tertiary/aromatic N) is 1. The number of halogens is 1. The highest BCUT2D eigenvalue weighted by atomic mass is 19.1. The highest BCUT2D eigenvalue weighted by molar-refractivity contribution is 6.00. The second-order valence-corrected chi connectivity index (χ2v) is 6.82. The van der Waals surface area contributed by atoms with Crippen molar-refractivity contribution in [2.45, 2.75) is 26.8 Å². The maximum Gasteiger partial charge on any atom is 0.252 e. The van der Waals surface area contributed by atoms with Crippen molar-refractivity contribution in [1.82, 2.24) is 10.3 Å². The molecule has 0 bridgehead atoms. The van der Waals surface area contributed by atoms with Crippen LogP contribution in [0.1, 0.15) is 32.5 Å². The van der Waals surface area contributed by atoms with Crippen LogP contribution in [0.2, 0.25) is 0 Å². The van der Waals surface area contributed by atoms with E-state index in [2.05, 4.69) is 10.3 Å². The second kappa shape index (κ2) is 5.61. The molecule has 118 valence electrons. The van der Waals surface area contributed by atoms with Crippen molar-refractivity contribution < 1.29 is 9.18 Å². The topological polar surface area (TPSA) is 42.0 Å². The number of amides is 1. The summed E-state index contributed by atoms with van der Waals surface area (Å²) in [6.45, 7) is 6.06. The Morgan fingerprint density at radius 1 is 1.22 bits per heavy atom. The fourth-order valence-electron chi connectivity index (χ4n) is 2.79. The van der Waals surface area contributed by atoms with E-state index in [1.165, 1.54) is 12.3 Å². The number of rotatable bonds is 3. The van der Waals surface area contributed by atoms with E-state index in [4.69, 9.17) is 0 Å². The molecule has 1 N–H and O–H groups in total. The third kappa shape index (κ3) is 3.02. The number of carbonyl (C=O) groups is 1. The molecule has 0 saturated heterocycles. The van der Waals surface area contributed by atoms with Crippen LogP contribution in [0.3, 0.4) is 0 Å². The first-order chi connectivity index (χ1) is 10.9. The highest BCUT2D eigenvalue weighted by Gasteiger charge is 2.31. The van der Waals surface area contributed by atoms with Gasteiger partial charge >= 0.3 is 0 Å². The van der Waals surface area contributed by atoms with Gasteiger partial charge in [0, 0.05) is 5.57 Å². The first kappa shape index (κ1) is 15.4. The van der Waals surface area contributed by atoms with Crippen LogP contribution in [-0.2, 0) is 4.79 Å². The summed E-state index contributed by atoms with van der Waals surface area (Å²) in [4.78, 5) is 16.8. The molecule has 0 fully saturated rings. The van der Waals surface area contributed by atoms with Crippen molar-refractivity contribution in [1.29, 1.82) is 0 Å². The van der Waals surface area contributed by atoms with E-state index >= 15 is 0 Å². The van der Waals surface area contributed by atoms with E-state index < -0.39 is 0 Å². The Morgan fingerprint density at radius 2 is 2.00 bits per heavy atom. The van der Waals surface area contributed by atoms with Gasteiger partial charge < -0.3 is 5.32 Å². The first-order valence-corrected chi connectivity index (χ1v) is 7.59. The third-order valence-electron chi connectivity index (χ3n) is 4.00. The molecule has 0 aliphatic heterocycles. The fraction of sp³-hybridized carbons (Fsp3) is 0.263. The van der Waals surface area contributed by atoms with Crippen molar-refractivity contribution in [3.05, 3.63) is 76.9 Å². The van der Waals surface area contributed by atoms with Gasteiger partial charge in [-0.2, -0.15) is 0 Å². The van der Waals surface area contributed by atoms with Crippen molar-refractivity contribution >= 4 is 5.91 Å². The van der Waals surface area contributed by atoms with Gasteiger partial charge in [-0.15, -0.1) is 0 Å². The predicted molar refractivity (Wildman–Crippen MR) is 87.9 cm³/mol. The molecular weight excluding hydrogens is 291 g/mol. The van der Waals surface area contributed by atoms with Crippen molar-refractivity contribution in [2.75, 3.05) is 0 Å². The van der Waals surface area contributed by atoms with Crippen molar-refractivity contribution in [3.63, 3.8) is 0 Å². The SMILES string of the molecule is CC(C)(C)[C@H](NC(=O)C1=C2C=CC=C2C=C1)c1ccc(F)cn1. The smallest absolute Gasteiger partial charge is 0.252 e. The maximum atomic E-state index is 13.1. The standard InChI is InChI=1S/C19H19FN2O/c1-19(2,3)17(16-10-8-13(20)11-21-16)22-18(23)15-9-7-12-5-4-6-14(12)15/h4-11,17H,1-3H3,(H,22,23)/t17-/m1/s1. The summed E-state index contributed by atoms with van der Waals surface area (Å²) >= 11 is 0. The number of hydrogen-bond donors (Lipinski definition) is 1. The molecule has 0 aromatic carbocycles. The van der Waals surface area contributed by atoms with Crippen LogP contribution in [0.5, 0.6) is 0 Å². The van der Waals surface area contributed by atoms with E-state index in [1.807, 2.05) is 51.2 Å². The molecule has 23 heavy (non-hydrogen) atoms. The molecule has 3 nitrogen and oxygen atoms in total. The van der Waals surface area contributed by atoms with Crippen LogP contribution >= 0.6 is 0 Å². The summed E-state index contributed by atoms with van der Waals surface area (Å²) in [5.41, 5.74) is 3.06. The molecule has 1 heterocycles. The number of carbonyl (C=O) groups excluding carboxylic acids is 1. The molecule has 0 radical (unpaired) electrons. The van der Waals surface area contributed by atoms with Gasteiger partial charge in [-0.3, -0.25) is 9.78 Å². The lowest BCUT2D eigenvalue weighted by Crippen LogP contribution is -2.37. The molecule has 2 aliphatic rings. The summed E-state index contributed by atoms with van der Waals surface area (Å²) in [5.74, 6) is -0.528. The molecule has 4 heteroatoms. The lowest BCUT2D eigenvalue weighted by atomic mass is 9.84. The van der Waals surface area contributed by atoms with Crippen LogP contribution < -0.4 is 5.32 Å². The van der Waals surface area contributed by atoms with Crippen LogP contribution in [0.25, 0.3) is 0 Å². The molecule has 0 saturated carbocycles. The third-order valence-corrected chi connectivity index (χ3v) is 4.00. The van der Waals surface area contributed by atoms with Crippen LogP contribution in [0.15, 0.2) is 65.4 Å². The predicted octanol–water partition coefficient (Wildman–Crippen LogP) is 3.79. The second-order valence-electron chi connectivity index (χ2n) is 6.82. The lowest BCUT2D eigenvalue weighted by Gasteiger charge is -2.31. The fourth-order valence-corrected chi connectivity index (χ4v) is 2.79. The minimum atomic E-state index is -0.387. The van der Waals surface area contributed by atoms with Crippen LogP contribution in [-0.4, -0.2) is 10.9 Å². The average molecular weight is 310 g/mol. The lowest BCUT2D eigenvalue weighted by molar-refractivity contribution is -0.118. The van der Waals surface area contributed by atoms with Gasteiger partial charge in [0.1, 0.15) is 5.82 Å². The monoisotopic (exact) mass is 310 g/mol. The van der Waals surface area contributed by atoms with E-state index in [0.717, 1.165) is 11.1 Å². The number of fused-ring (bicyclic) bond motifs is 1. The Morgan fingerprint density at radius 3 is 2.65 bits per heavy atom. The molecular formula is C19H19FN2O. The van der Waals surface area contributed by atoms with E-state index in [9.17, 15) is 9.18 Å². The number of aromatic nitrogens is 1. The zero-order chi connectivity index (χ0) is 16.6. The van der Waals surface area contributed by atoms with Crippen molar-refractivity contribution in [3.8, 4) is 0 Å². The summed E-state index contributed by atoms with van der Waals surface area (Å²) < 4.78 is 13.1. The largest absolute Gasteiger partial charge is 0.343 e. The summed E-state index contributed by atoms with van der Waals surface area (Å²) in [6.07, 6.45) is 10.8. The van der Waals surface area contributed by atoms with Gasteiger partial charge in [-0.1, -0.05) is 45.1 Å². The Balaban J connectivity index is 1.88. The number of nitrogens with one attached hydrogen (secondary N) is 1. The summed E-state index contributed by atoms with van der Waals surface area (Å²) in [7, 11) is 0. The minimum Gasteiger partial charge on any atom is -0.343 e. The molecule has 0 unspecified atom stereocenters. The quantitative estimate of drug-likeness (QED) is 0.923. The number of hydrogen-bond acceptors (Lipinski definition) is 2. The highest BCUT2D eigenvalue weighted by Crippen LogP contribution is 2.34. The first-order valence-electron chi connectivity index (χ1n) is 7.59. The molecule has 2 aliphatic carbocycles. The Hall–Kier alpha value is -2.49. The molecule has 1 atom stereocenters. The van der Waals surface area contributed by atoms with Gasteiger partial charge in [0.25, 0.3) is 5.91 Å². The van der Waals surface area contributed by atoms with Crippen molar-refractivity contribution in [2.24, 2.45) is 5.41 Å². The van der Waals surface area contributed by atoms with Gasteiger partial charge in [0.2, 0.25) is 0 Å². The zero-order valence-electron chi connectivity index (χ0n) is 13.4. The van der Waals surface area contributed by atoms with E-state index in [1.54, 1.807) is 6.07 Å². The zero-order valence-corrected chi connectivity index (χ0v) is 13.4. The minimum absolute atomic E-state index is 0.141. The Labute approximate surface area is 135 Å². The van der Waals surface area contributed by atoms with Gasteiger partial charge in [-0.25, -0.2) is 4.39 Å². The molecule has 0 spiro atoms.